The summed E-state index contributed by atoms with van der Waals surface area (Å²) in [7, 11) is 0. The van der Waals surface area contributed by atoms with Crippen molar-refractivity contribution in [3.63, 3.8) is 0 Å². The van der Waals surface area contributed by atoms with E-state index in [-0.39, 0.29) is 5.91 Å². The van der Waals surface area contributed by atoms with Crippen LogP contribution in [0.1, 0.15) is 17.3 Å². The zero-order chi connectivity index (χ0) is 12.0. The molecular weight excluding hydrogens is 244 g/mol. The topological polar surface area (TPSA) is 52.9 Å². The molecule has 0 saturated carbocycles. The summed E-state index contributed by atoms with van der Waals surface area (Å²) in [6.45, 7) is 1.93. The minimum absolute atomic E-state index is 0.260. The average Bonchev–Trinajstić information content (AvgIpc) is 2.29. The van der Waals surface area contributed by atoms with Crippen molar-refractivity contribution in [1.29, 1.82) is 5.26 Å². The normalized spacial score (nSPS) is 11.6. The van der Waals surface area contributed by atoms with Gasteiger partial charge in [0.05, 0.1) is 6.07 Å². The molecule has 0 aliphatic carbocycles. The van der Waals surface area contributed by atoms with Crippen molar-refractivity contribution in [3.8, 4) is 6.07 Å². The maximum absolute atomic E-state index is 11.7. The molecule has 5 heteroatoms. The second-order valence-corrected chi connectivity index (χ2v) is 4.76. The van der Waals surface area contributed by atoms with Gasteiger partial charge in [0.15, 0.2) is 5.37 Å². The minimum Gasteiger partial charge on any atom is -0.328 e. The summed E-state index contributed by atoms with van der Waals surface area (Å²) in [5.41, 5.74) is 0.501. The number of rotatable bonds is 4. The number of amides is 1. The zero-order valence-corrected chi connectivity index (χ0v) is 10.3. The molecular formula is C11H11ClN2OS. The number of benzene rings is 1. The van der Waals surface area contributed by atoms with Crippen molar-refractivity contribution in [3.05, 3.63) is 34.9 Å². The van der Waals surface area contributed by atoms with Crippen LogP contribution in [0.25, 0.3) is 0 Å². The van der Waals surface area contributed by atoms with Gasteiger partial charge < -0.3 is 5.32 Å². The lowest BCUT2D eigenvalue weighted by atomic mass is 10.2. The quantitative estimate of drug-likeness (QED) is 0.841. The first-order chi connectivity index (χ1) is 7.67. The van der Waals surface area contributed by atoms with Crippen LogP contribution in [0, 0.1) is 11.3 Å². The summed E-state index contributed by atoms with van der Waals surface area (Å²) in [5.74, 6) is 0.517. The minimum atomic E-state index is -0.506. The number of carbonyl (C=O) groups is 1. The maximum atomic E-state index is 11.7. The van der Waals surface area contributed by atoms with Crippen LogP contribution in [0.3, 0.4) is 0 Å². The van der Waals surface area contributed by atoms with Crippen LogP contribution in [-0.2, 0) is 0 Å². The molecule has 1 unspecified atom stereocenters. The Bertz CT molecular complexity index is 399. The van der Waals surface area contributed by atoms with Crippen molar-refractivity contribution in [2.45, 2.75) is 12.3 Å². The Kier molecular flexibility index (Phi) is 5.17. The van der Waals surface area contributed by atoms with Gasteiger partial charge in [-0.3, -0.25) is 4.79 Å². The van der Waals surface area contributed by atoms with Crippen LogP contribution in [0.5, 0.6) is 0 Å². The van der Waals surface area contributed by atoms with E-state index in [1.807, 2.05) is 13.0 Å². The Labute approximate surface area is 104 Å². The summed E-state index contributed by atoms with van der Waals surface area (Å²) in [4.78, 5) is 11.7. The van der Waals surface area contributed by atoms with E-state index in [4.69, 9.17) is 16.9 Å². The monoisotopic (exact) mass is 254 g/mol. The molecule has 84 valence electrons. The molecule has 0 bridgehead atoms. The summed E-state index contributed by atoms with van der Waals surface area (Å²) >= 11 is 7.09. The SMILES string of the molecule is CCSC(C#N)NC(=O)c1ccc(Cl)cc1. The number of thioether (sulfide) groups is 1. The van der Waals surface area contributed by atoms with Gasteiger partial charge in [-0.1, -0.05) is 18.5 Å². The summed E-state index contributed by atoms with van der Waals surface area (Å²) in [6.07, 6.45) is 0. The second kappa shape index (κ2) is 6.41. The van der Waals surface area contributed by atoms with Crippen molar-refractivity contribution in [2.75, 3.05) is 5.75 Å². The number of halogens is 1. The second-order valence-electron chi connectivity index (χ2n) is 2.94. The van der Waals surface area contributed by atoms with Gasteiger partial charge in [0, 0.05) is 10.6 Å². The third kappa shape index (κ3) is 3.76. The lowest BCUT2D eigenvalue weighted by Gasteiger charge is -2.09. The van der Waals surface area contributed by atoms with Gasteiger partial charge in [-0.2, -0.15) is 5.26 Å². The Balaban J connectivity index is 2.65. The molecule has 0 aliphatic heterocycles. The standard InChI is InChI=1S/C11H11ClN2OS/c1-2-16-10(7-13)14-11(15)8-3-5-9(12)6-4-8/h3-6,10H,2H2,1H3,(H,14,15). The largest absolute Gasteiger partial charge is 0.328 e. The first-order valence-corrected chi connectivity index (χ1v) is 6.17. The predicted octanol–water partition coefficient (Wildman–Crippen LogP) is 2.67. The molecule has 3 nitrogen and oxygen atoms in total. The lowest BCUT2D eigenvalue weighted by molar-refractivity contribution is 0.0955. The molecule has 1 atom stereocenters. The molecule has 0 radical (unpaired) electrons. The number of nitriles is 1. The highest BCUT2D eigenvalue weighted by molar-refractivity contribution is 8.00. The van der Waals surface area contributed by atoms with Gasteiger partial charge in [-0.15, -0.1) is 11.8 Å². The van der Waals surface area contributed by atoms with Gasteiger partial charge >= 0.3 is 0 Å². The van der Waals surface area contributed by atoms with E-state index in [0.29, 0.717) is 10.6 Å². The third-order valence-electron chi connectivity index (χ3n) is 1.82. The van der Waals surface area contributed by atoms with Crippen molar-refractivity contribution >= 4 is 29.3 Å². The molecule has 0 aliphatic rings. The van der Waals surface area contributed by atoms with E-state index in [2.05, 4.69) is 5.32 Å². The molecule has 1 N–H and O–H groups in total. The van der Waals surface area contributed by atoms with E-state index >= 15 is 0 Å². The van der Waals surface area contributed by atoms with Gasteiger partial charge in [0.2, 0.25) is 0 Å². The molecule has 1 amide bonds. The van der Waals surface area contributed by atoms with E-state index in [1.54, 1.807) is 24.3 Å². The number of hydrogen-bond acceptors (Lipinski definition) is 3. The zero-order valence-electron chi connectivity index (χ0n) is 8.74. The molecule has 1 rings (SSSR count). The van der Waals surface area contributed by atoms with Gasteiger partial charge in [-0.25, -0.2) is 0 Å². The number of carbonyl (C=O) groups excluding carboxylic acids is 1. The average molecular weight is 255 g/mol. The van der Waals surface area contributed by atoms with Gasteiger partial charge in [-0.05, 0) is 30.0 Å². The Hall–Kier alpha value is -1.18. The highest BCUT2D eigenvalue weighted by atomic mass is 35.5. The van der Waals surface area contributed by atoms with Crippen LogP contribution < -0.4 is 5.32 Å². The van der Waals surface area contributed by atoms with Crippen molar-refractivity contribution < 1.29 is 4.79 Å². The Morgan fingerprint density at radius 1 is 1.56 bits per heavy atom. The highest BCUT2D eigenvalue weighted by Gasteiger charge is 2.12. The van der Waals surface area contributed by atoms with Crippen LogP contribution >= 0.6 is 23.4 Å². The first kappa shape index (κ1) is 12.9. The fraction of sp³-hybridized carbons (Fsp3) is 0.273. The summed E-state index contributed by atoms with van der Waals surface area (Å²) in [5, 5.41) is 11.5. The Morgan fingerprint density at radius 3 is 2.69 bits per heavy atom. The molecule has 16 heavy (non-hydrogen) atoms. The van der Waals surface area contributed by atoms with Gasteiger partial charge in [0.25, 0.3) is 5.91 Å². The van der Waals surface area contributed by atoms with Crippen LogP contribution in [0.4, 0.5) is 0 Å². The van der Waals surface area contributed by atoms with E-state index < -0.39 is 5.37 Å². The van der Waals surface area contributed by atoms with E-state index in [9.17, 15) is 4.79 Å². The molecule has 0 fully saturated rings. The summed E-state index contributed by atoms with van der Waals surface area (Å²) in [6, 6.07) is 8.56. The lowest BCUT2D eigenvalue weighted by Crippen LogP contribution is -2.31. The number of nitrogens with zero attached hydrogens (tertiary/aromatic N) is 1. The van der Waals surface area contributed by atoms with Crippen molar-refractivity contribution in [1.82, 2.24) is 5.32 Å². The van der Waals surface area contributed by atoms with E-state index in [0.717, 1.165) is 5.75 Å². The first-order valence-electron chi connectivity index (χ1n) is 4.75. The predicted molar refractivity (Wildman–Crippen MR) is 66.5 cm³/mol. The number of nitrogens with one attached hydrogen (secondary N) is 1. The van der Waals surface area contributed by atoms with Crippen LogP contribution in [-0.4, -0.2) is 17.0 Å². The molecule has 0 spiro atoms. The fourth-order valence-corrected chi connectivity index (χ4v) is 1.81. The smallest absolute Gasteiger partial charge is 0.252 e. The fourth-order valence-electron chi connectivity index (χ4n) is 1.08. The molecule has 1 aromatic carbocycles. The molecule has 0 aromatic heterocycles. The highest BCUT2D eigenvalue weighted by Crippen LogP contribution is 2.11. The van der Waals surface area contributed by atoms with Gasteiger partial charge in [0.1, 0.15) is 0 Å². The maximum Gasteiger partial charge on any atom is 0.252 e. The van der Waals surface area contributed by atoms with Crippen LogP contribution in [0.15, 0.2) is 24.3 Å². The number of hydrogen-bond donors (Lipinski definition) is 1. The third-order valence-corrected chi connectivity index (χ3v) is 2.96. The van der Waals surface area contributed by atoms with Crippen LogP contribution in [0.2, 0.25) is 5.02 Å². The van der Waals surface area contributed by atoms with Crippen molar-refractivity contribution in [2.24, 2.45) is 0 Å². The molecule has 0 heterocycles. The molecule has 1 aromatic rings. The molecule has 0 saturated heterocycles. The van der Waals surface area contributed by atoms with E-state index in [1.165, 1.54) is 11.8 Å². The summed E-state index contributed by atoms with van der Waals surface area (Å²) < 4.78 is 0. The Morgan fingerprint density at radius 2 is 2.19 bits per heavy atom.